The van der Waals surface area contributed by atoms with E-state index >= 15 is 0 Å². The Labute approximate surface area is 147 Å². The Kier molecular flexibility index (Phi) is 5.21. The molecule has 0 radical (unpaired) electrons. The molecule has 0 spiro atoms. The lowest BCUT2D eigenvalue weighted by Crippen LogP contribution is -2.41. The van der Waals surface area contributed by atoms with Gasteiger partial charge in [0.1, 0.15) is 6.54 Å². The van der Waals surface area contributed by atoms with Crippen molar-refractivity contribution >= 4 is 23.5 Å². The van der Waals surface area contributed by atoms with E-state index in [1.807, 2.05) is 12.1 Å². The lowest BCUT2D eigenvalue weighted by atomic mass is 10.1. The third kappa shape index (κ3) is 4.10. The number of urea groups is 1. The van der Waals surface area contributed by atoms with Crippen LogP contribution in [0.15, 0.2) is 24.3 Å². The Morgan fingerprint density at radius 2 is 1.80 bits per heavy atom. The molecule has 4 amide bonds. The second-order valence-electron chi connectivity index (χ2n) is 6.60. The molecule has 7 heteroatoms. The van der Waals surface area contributed by atoms with Gasteiger partial charge in [-0.25, -0.2) is 4.79 Å². The standard InChI is InChI=1S/C18H24N4O3/c1-20(17(24)13-22-16(23)11-19-18(22)25)12-14-5-7-15(8-6-14)21-9-3-2-4-10-21/h5-8H,2-4,9-13H2,1H3,(H,19,25). The largest absolute Gasteiger partial charge is 0.372 e. The molecule has 3 rings (SSSR count). The summed E-state index contributed by atoms with van der Waals surface area (Å²) in [6, 6.07) is 7.74. The molecule has 2 aliphatic heterocycles. The number of amides is 4. The van der Waals surface area contributed by atoms with E-state index in [1.54, 1.807) is 7.05 Å². The Hall–Kier alpha value is -2.57. The van der Waals surface area contributed by atoms with Gasteiger partial charge in [0.05, 0.1) is 6.54 Å². The summed E-state index contributed by atoms with van der Waals surface area (Å²) in [7, 11) is 1.68. The third-order valence-electron chi connectivity index (χ3n) is 4.73. The van der Waals surface area contributed by atoms with Gasteiger partial charge in [0.25, 0.3) is 5.91 Å². The van der Waals surface area contributed by atoms with Gasteiger partial charge in [-0.05, 0) is 37.0 Å². The fourth-order valence-corrected chi connectivity index (χ4v) is 3.20. The van der Waals surface area contributed by atoms with Gasteiger partial charge in [-0.1, -0.05) is 12.1 Å². The predicted octanol–water partition coefficient (Wildman–Crippen LogP) is 1.19. The minimum absolute atomic E-state index is 0.0339. The molecule has 0 aromatic heterocycles. The highest BCUT2D eigenvalue weighted by Gasteiger charge is 2.30. The number of rotatable bonds is 5. The number of likely N-dealkylation sites (N-methyl/N-ethyl adjacent to an activating group) is 1. The van der Waals surface area contributed by atoms with Crippen LogP contribution in [0.1, 0.15) is 24.8 Å². The van der Waals surface area contributed by atoms with E-state index in [1.165, 1.54) is 29.8 Å². The number of anilines is 1. The van der Waals surface area contributed by atoms with E-state index in [4.69, 9.17) is 0 Å². The summed E-state index contributed by atoms with van der Waals surface area (Å²) in [6.45, 7) is 2.40. The summed E-state index contributed by atoms with van der Waals surface area (Å²) < 4.78 is 0. The number of hydrogen-bond acceptors (Lipinski definition) is 4. The van der Waals surface area contributed by atoms with Gasteiger partial charge in [0, 0.05) is 32.4 Å². The first-order valence-electron chi connectivity index (χ1n) is 8.70. The fraction of sp³-hybridized carbons (Fsp3) is 0.500. The van der Waals surface area contributed by atoms with Gasteiger partial charge < -0.3 is 15.1 Å². The molecule has 0 bridgehead atoms. The zero-order valence-corrected chi connectivity index (χ0v) is 14.5. The van der Waals surface area contributed by atoms with Crippen LogP contribution < -0.4 is 10.2 Å². The third-order valence-corrected chi connectivity index (χ3v) is 4.73. The van der Waals surface area contributed by atoms with E-state index in [2.05, 4.69) is 22.3 Å². The van der Waals surface area contributed by atoms with Gasteiger partial charge in [-0.15, -0.1) is 0 Å². The van der Waals surface area contributed by atoms with Crippen molar-refractivity contribution < 1.29 is 14.4 Å². The predicted molar refractivity (Wildman–Crippen MR) is 94.1 cm³/mol. The first kappa shape index (κ1) is 17.3. The molecular formula is C18H24N4O3. The Bertz CT molecular complexity index is 637. The highest BCUT2D eigenvalue weighted by molar-refractivity contribution is 6.04. The number of nitrogens with one attached hydrogen (secondary N) is 1. The lowest BCUT2D eigenvalue weighted by molar-refractivity contribution is -0.135. The van der Waals surface area contributed by atoms with Crippen molar-refractivity contribution in [3.05, 3.63) is 29.8 Å². The van der Waals surface area contributed by atoms with Crippen molar-refractivity contribution in [2.24, 2.45) is 0 Å². The topological polar surface area (TPSA) is 73.0 Å². The molecule has 1 N–H and O–H groups in total. The van der Waals surface area contributed by atoms with Crippen molar-refractivity contribution in [2.45, 2.75) is 25.8 Å². The summed E-state index contributed by atoms with van der Waals surface area (Å²) in [5.41, 5.74) is 2.24. The highest BCUT2D eigenvalue weighted by atomic mass is 16.2. The molecule has 1 aromatic carbocycles. The molecule has 0 aliphatic carbocycles. The number of hydrogen-bond donors (Lipinski definition) is 1. The molecule has 134 valence electrons. The molecule has 25 heavy (non-hydrogen) atoms. The summed E-state index contributed by atoms with van der Waals surface area (Å²) in [4.78, 5) is 40.2. The van der Waals surface area contributed by atoms with Crippen LogP contribution >= 0.6 is 0 Å². The number of piperidine rings is 1. The molecule has 1 aromatic rings. The van der Waals surface area contributed by atoms with E-state index in [-0.39, 0.29) is 24.9 Å². The van der Waals surface area contributed by atoms with Crippen molar-refractivity contribution in [1.82, 2.24) is 15.1 Å². The number of benzene rings is 1. The zero-order chi connectivity index (χ0) is 17.8. The van der Waals surface area contributed by atoms with Gasteiger partial charge in [-0.3, -0.25) is 14.5 Å². The molecule has 2 saturated heterocycles. The molecule has 2 fully saturated rings. The second kappa shape index (κ2) is 7.55. The van der Waals surface area contributed by atoms with Crippen molar-refractivity contribution in [2.75, 3.05) is 38.1 Å². The Morgan fingerprint density at radius 1 is 1.12 bits per heavy atom. The van der Waals surface area contributed by atoms with Crippen LogP contribution in [-0.2, 0) is 16.1 Å². The molecule has 0 unspecified atom stereocenters. The van der Waals surface area contributed by atoms with E-state index in [0.717, 1.165) is 23.6 Å². The molecule has 0 atom stereocenters. The maximum atomic E-state index is 12.3. The Morgan fingerprint density at radius 3 is 2.40 bits per heavy atom. The van der Waals surface area contributed by atoms with Crippen LogP contribution in [-0.4, -0.2) is 60.9 Å². The van der Waals surface area contributed by atoms with Crippen LogP contribution in [0.4, 0.5) is 10.5 Å². The van der Waals surface area contributed by atoms with Gasteiger partial charge in [0.15, 0.2) is 0 Å². The lowest BCUT2D eigenvalue weighted by Gasteiger charge is -2.29. The van der Waals surface area contributed by atoms with Crippen LogP contribution in [0.25, 0.3) is 0 Å². The number of carbonyl (C=O) groups is 3. The highest BCUT2D eigenvalue weighted by Crippen LogP contribution is 2.20. The van der Waals surface area contributed by atoms with Crippen LogP contribution in [0.5, 0.6) is 0 Å². The van der Waals surface area contributed by atoms with Crippen molar-refractivity contribution in [1.29, 1.82) is 0 Å². The fourth-order valence-electron chi connectivity index (χ4n) is 3.20. The van der Waals surface area contributed by atoms with Gasteiger partial charge in [0.2, 0.25) is 5.91 Å². The molecule has 2 heterocycles. The summed E-state index contributed by atoms with van der Waals surface area (Å²) >= 11 is 0. The van der Waals surface area contributed by atoms with Crippen LogP contribution in [0, 0.1) is 0 Å². The molecule has 0 saturated carbocycles. The van der Waals surface area contributed by atoms with Gasteiger partial charge in [-0.2, -0.15) is 0 Å². The summed E-state index contributed by atoms with van der Waals surface area (Å²) in [5.74, 6) is -0.622. The smallest absolute Gasteiger partial charge is 0.325 e. The first-order chi connectivity index (χ1) is 12.0. The monoisotopic (exact) mass is 344 g/mol. The minimum Gasteiger partial charge on any atom is -0.372 e. The van der Waals surface area contributed by atoms with Crippen LogP contribution in [0.3, 0.4) is 0 Å². The SMILES string of the molecule is CN(Cc1ccc(N2CCCCC2)cc1)C(=O)CN1C(=O)CNC1=O. The maximum absolute atomic E-state index is 12.3. The van der Waals surface area contributed by atoms with E-state index < -0.39 is 6.03 Å². The normalized spacial score (nSPS) is 17.6. The average Bonchev–Trinajstić information content (AvgIpc) is 2.95. The second-order valence-corrected chi connectivity index (χ2v) is 6.60. The quantitative estimate of drug-likeness (QED) is 0.815. The zero-order valence-electron chi connectivity index (χ0n) is 14.5. The number of nitrogens with zero attached hydrogens (tertiary/aromatic N) is 3. The average molecular weight is 344 g/mol. The molecule has 2 aliphatic rings. The van der Waals surface area contributed by atoms with Gasteiger partial charge >= 0.3 is 6.03 Å². The van der Waals surface area contributed by atoms with Crippen molar-refractivity contribution in [3.63, 3.8) is 0 Å². The first-order valence-corrected chi connectivity index (χ1v) is 8.70. The summed E-state index contributed by atoms with van der Waals surface area (Å²) in [5, 5.41) is 2.41. The van der Waals surface area contributed by atoms with E-state index in [0.29, 0.717) is 6.54 Å². The van der Waals surface area contributed by atoms with E-state index in [9.17, 15) is 14.4 Å². The molecular weight excluding hydrogens is 320 g/mol. The maximum Gasteiger partial charge on any atom is 0.325 e. The van der Waals surface area contributed by atoms with Crippen LogP contribution in [0.2, 0.25) is 0 Å². The Balaban J connectivity index is 1.55. The molecule has 7 nitrogen and oxygen atoms in total. The van der Waals surface area contributed by atoms with Crippen molar-refractivity contribution in [3.8, 4) is 0 Å². The summed E-state index contributed by atoms with van der Waals surface area (Å²) in [6.07, 6.45) is 3.78. The number of imide groups is 1. The minimum atomic E-state index is -0.502. The number of carbonyl (C=O) groups excluding carboxylic acids is 3.